The predicted octanol–water partition coefficient (Wildman–Crippen LogP) is 1.51. The third kappa shape index (κ3) is 3.88. The van der Waals surface area contributed by atoms with Gasteiger partial charge in [-0.3, -0.25) is 0 Å². The number of aliphatic hydroxyl groups excluding tert-OH is 1. The summed E-state index contributed by atoms with van der Waals surface area (Å²) in [4.78, 5) is 20.5. The number of aryl methyl sites for hydroxylation is 1. The van der Waals surface area contributed by atoms with E-state index in [1.807, 2.05) is 26.0 Å². The van der Waals surface area contributed by atoms with Crippen LogP contribution in [0.15, 0.2) is 12.1 Å². The molecule has 0 aromatic carbocycles. The lowest BCUT2D eigenvalue weighted by Crippen LogP contribution is -2.43. The molecule has 1 aromatic rings. The van der Waals surface area contributed by atoms with Crippen LogP contribution in [-0.2, 0) is 6.54 Å². The molecule has 0 aliphatic carbocycles. The first kappa shape index (κ1) is 16.5. The fourth-order valence-electron chi connectivity index (χ4n) is 2.53. The second-order valence-electron chi connectivity index (χ2n) is 5.93. The summed E-state index contributed by atoms with van der Waals surface area (Å²) < 4.78 is 0. The van der Waals surface area contributed by atoms with Crippen LogP contribution < -0.4 is 10.2 Å². The number of aliphatic hydroxyl groups is 1. The molecular weight excluding hydrogens is 280 g/mol. The number of hydrogen-bond acceptors (Lipinski definition) is 4. The van der Waals surface area contributed by atoms with E-state index in [4.69, 9.17) is 5.11 Å². The maximum atomic E-state index is 12.1. The van der Waals surface area contributed by atoms with Gasteiger partial charge in [-0.25, -0.2) is 9.78 Å². The van der Waals surface area contributed by atoms with E-state index < -0.39 is 0 Å². The number of nitrogens with zero attached hydrogens (tertiary/aromatic N) is 3. The Morgan fingerprint density at radius 3 is 2.77 bits per heavy atom. The van der Waals surface area contributed by atoms with Gasteiger partial charge >= 0.3 is 6.03 Å². The van der Waals surface area contributed by atoms with Gasteiger partial charge in [0.1, 0.15) is 5.82 Å². The quantitative estimate of drug-likeness (QED) is 0.865. The number of hydrogen-bond donors (Lipinski definition) is 2. The first-order valence-corrected chi connectivity index (χ1v) is 7.86. The summed E-state index contributed by atoms with van der Waals surface area (Å²) in [7, 11) is 1.69. The van der Waals surface area contributed by atoms with Gasteiger partial charge in [-0.05, 0) is 32.8 Å². The van der Waals surface area contributed by atoms with Crippen molar-refractivity contribution in [3.05, 3.63) is 23.4 Å². The minimum absolute atomic E-state index is 0.0466. The van der Waals surface area contributed by atoms with Gasteiger partial charge < -0.3 is 20.2 Å². The molecule has 0 bridgehead atoms. The molecule has 6 nitrogen and oxygen atoms in total. The van der Waals surface area contributed by atoms with Gasteiger partial charge in [0, 0.05) is 37.9 Å². The number of carbonyl (C=O) groups is 1. The largest absolute Gasteiger partial charge is 0.394 e. The topological polar surface area (TPSA) is 68.7 Å². The van der Waals surface area contributed by atoms with E-state index in [0.29, 0.717) is 6.54 Å². The first-order chi connectivity index (χ1) is 10.5. The van der Waals surface area contributed by atoms with Crippen LogP contribution in [0.5, 0.6) is 0 Å². The lowest BCUT2D eigenvalue weighted by molar-refractivity contribution is 0.157. The Morgan fingerprint density at radius 2 is 2.14 bits per heavy atom. The smallest absolute Gasteiger partial charge is 0.317 e. The van der Waals surface area contributed by atoms with Gasteiger partial charge in [-0.2, -0.15) is 0 Å². The molecule has 0 radical (unpaired) electrons. The Labute approximate surface area is 132 Å². The number of urea groups is 1. The summed E-state index contributed by atoms with van der Waals surface area (Å²) in [5, 5.41) is 12.0. The molecule has 2 heterocycles. The molecule has 1 saturated heterocycles. The van der Waals surface area contributed by atoms with Crippen LogP contribution in [0.4, 0.5) is 10.6 Å². The van der Waals surface area contributed by atoms with Crippen molar-refractivity contribution in [2.45, 2.75) is 39.3 Å². The predicted molar refractivity (Wildman–Crippen MR) is 87.0 cm³/mol. The van der Waals surface area contributed by atoms with E-state index in [2.05, 4.69) is 15.2 Å². The number of likely N-dealkylation sites (N-methyl/N-ethyl adjacent to an activating group) is 1. The molecule has 1 aromatic heterocycles. The molecular formula is C16H26N4O2. The SMILES string of the molecule is Cc1ccc(CNC(=O)N(C)C(C)CO)c(N2CCCC2)n1. The minimum Gasteiger partial charge on any atom is -0.394 e. The number of aromatic nitrogens is 1. The highest BCUT2D eigenvalue weighted by atomic mass is 16.3. The lowest BCUT2D eigenvalue weighted by Gasteiger charge is -2.25. The monoisotopic (exact) mass is 306 g/mol. The number of anilines is 1. The summed E-state index contributed by atoms with van der Waals surface area (Å²) in [6.07, 6.45) is 2.39. The highest BCUT2D eigenvalue weighted by Gasteiger charge is 2.19. The molecule has 1 atom stereocenters. The average molecular weight is 306 g/mol. The Bertz CT molecular complexity index is 515. The molecule has 2 rings (SSSR count). The molecule has 122 valence electrons. The molecule has 6 heteroatoms. The summed E-state index contributed by atoms with van der Waals surface area (Å²) in [6, 6.07) is 3.62. The molecule has 22 heavy (non-hydrogen) atoms. The summed E-state index contributed by atoms with van der Waals surface area (Å²) in [5.41, 5.74) is 2.02. The summed E-state index contributed by atoms with van der Waals surface area (Å²) in [6.45, 7) is 6.24. The van der Waals surface area contributed by atoms with E-state index in [0.717, 1.165) is 30.2 Å². The van der Waals surface area contributed by atoms with Gasteiger partial charge in [-0.15, -0.1) is 0 Å². The van der Waals surface area contributed by atoms with Gasteiger partial charge in [-0.1, -0.05) is 6.07 Å². The van der Waals surface area contributed by atoms with Crippen LogP contribution in [0.25, 0.3) is 0 Å². The molecule has 1 unspecified atom stereocenters. The number of pyridine rings is 1. The number of carbonyl (C=O) groups excluding carboxylic acids is 1. The Morgan fingerprint density at radius 1 is 1.45 bits per heavy atom. The summed E-state index contributed by atoms with van der Waals surface area (Å²) in [5.74, 6) is 0.982. The molecule has 2 amide bonds. The molecule has 1 fully saturated rings. The van der Waals surface area contributed by atoms with E-state index in [1.165, 1.54) is 17.7 Å². The van der Waals surface area contributed by atoms with Crippen LogP contribution in [0, 0.1) is 6.92 Å². The molecule has 1 aliphatic rings. The van der Waals surface area contributed by atoms with Crippen LogP contribution >= 0.6 is 0 Å². The van der Waals surface area contributed by atoms with E-state index >= 15 is 0 Å². The Hall–Kier alpha value is -1.82. The van der Waals surface area contributed by atoms with Gasteiger partial charge in [0.2, 0.25) is 0 Å². The van der Waals surface area contributed by atoms with Gasteiger partial charge in [0.15, 0.2) is 0 Å². The molecule has 2 N–H and O–H groups in total. The van der Waals surface area contributed by atoms with Crippen LogP contribution in [0.3, 0.4) is 0 Å². The maximum Gasteiger partial charge on any atom is 0.317 e. The van der Waals surface area contributed by atoms with E-state index in [1.54, 1.807) is 7.05 Å². The van der Waals surface area contributed by atoms with Crippen molar-refractivity contribution in [3.63, 3.8) is 0 Å². The Balaban J connectivity index is 2.04. The minimum atomic E-state index is -0.200. The van der Waals surface area contributed by atoms with Crippen molar-refractivity contribution in [1.82, 2.24) is 15.2 Å². The standard InChI is InChI=1S/C16H26N4O2/c1-12-6-7-14(15(18-12)20-8-4-5-9-20)10-17-16(22)19(3)13(2)11-21/h6-7,13,21H,4-5,8-11H2,1-3H3,(H,17,22). The first-order valence-electron chi connectivity index (χ1n) is 7.86. The van der Waals surface area contributed by atoms with Crippen molar-refractivity contribution in [3.8, 4) is 0 Å². The molecule has 0 spiro atoms. The van der Waals surface area contributed by atoms with Crippen LogP contribution in [0.2, 0.25) is 0 Å². The zero-order valence-electron chi connectivity index (χ0n) is 13.7. The van der Waals surface area contributed by atoms with E-state index in [-0.39, 0.29) is 18.7 Å². The second-order valence-corrected chi connectivity index (χ2v) is 5.93. The highest BCUT2D eigenvalue weighted by molar-refractivity contribution is 5.74. The van der Waals surface area contributed by atoms with Gasteiger partial charge in [0.05, 0.1) is 12.6 Å². The molecule has 0 saturated carbocycles. The molecule has 1 aliphatic heterocycles. The third-order valence-electron chi connectivity index (χ3n) is 4.18. The van der Waals surface area contributed by atoms with Crippen LogP contribution in [0.1, 0.15) is 31.0 Å². The lowest BCUT2D eigenvalue weighted by atomic mass is 10.2. The van der Waals surface area contributed by atoms with E-state index in [9.17, 15) is 4.79 Å². The van der Waals surface area contributed by atoms with Crippen molar-refractivity contribution >= 4 is 11.8 Å². The van der Waals surface area contributed by atoms with Crippen molar-refractivity contribution in [2.75, 3.05) is 31.6 Å². The second kappa shape index (κ2) is 7.45. The number of nitrogens with one attached hydrogen (secondary N) is 1. The number of amides is 2. The van der Waals surface area contributed by atoms with Crippen molar-refractivity contribution < 1.29 is 9.90 Å². The Kier molecular flexibility index (Phi) is 5.60. The summed E-state index contributed by atoms with van der Waals surface area (Å²) >= 11 is 0. The fourth-order valence-corrected chi connectivity index (χ4v) is 2.53. The zero-order chi connectivity index (χ0) is 16.1. The number of rotatable bonds is 5. The maximum absolute atomic E-state index is 12.1. The zero-order valence-corrected chi connectivity index (χ0v) is 13.7. The van der Waals surface area contributed by atoms with Crippen LogP contribution in [-0.4, -0.2) is 53.8 Å². The fraction of sp³-hybridized carbons (Fsp3) is 0.625. The highest BCUT2D eigenvalue weighted by Crippen LogP contribution is 2.22. The van der Waals surface area contributed by atoms with Crippen molar-refractivity contribution in [1.29, 1.82) is 0 Å². The average Bonchev–Trinajstić information content (AvgIpc) is 3.06. The normalized spacial score (nSPS) is 15.7. The van der Waals surface area contributed by atoms with Gasteiger partial charge in [0.25, 0.3) is 0 Å². The van der Waals surface area contributed by atoms with Crippen molar-refractivity contribution in [2.24, 2.45) is 0 Å². The third-order valence-corrected chi connectivity index (χ3v) is 4.18.